The maximum absolute atomic E-state index is 13.0. The van der Waals surface area contributed by atoms with Crippen molar-refractivity contribution in [3.05, 3.63) is 56.4 Å². The van der Waals surface area contributed by atoms with Crippen LogP contribution in [0, 0.1) is 0 Å². The van der Waals surface area contributed by atoms with Gasteiger partial charge in [-0.25, -0.2) is 14.2 Å². The molecule has 2 N–H and O–H groups in total. The number of H-pyrrole nitrogens is 1. The topological polar surface area (TPSA) is 105 Å². The van der Waals surface area contributed by atoms with E-state index in [0.717, 1.165) is 30.5 Å². The minimum atomic E-state index is -1.32. The van der Waals surface area contributed by atoms with Crippen LogP contribution in [0.5, 0.6) is 5.75 Å². The molecule has 1 aromatic heterocycles. The molecule has 8 heteroatoms. The zero-order valence-corrected chi connectivity index (χ0v) is 13.8. The second-order valence-electron chi connectivity index (χ2n) is 5.88. The number of aromatic carboxylic acids is 1. The first-order chi connectivity index (χ1) is 12.0. The van der Waals surface area contributed by atoms with Crippen LogP contribution in [-0.2, 0) is 6.54 Å². The summed E-state index contributed by atoms with van der Waals surface area (Å²) in [4.78, 5) is 41.2. The van der Waals surface area contributed by atoms with Gasteiger partial charge in [-0.15, -0.1) is 0 Å². The van der Waals surface area contributed by atoms with E-state index in [2.05, 4.69) is 4.98 Å². The van der Waals surface area contributed by atoms with Crippen molar-refractivity contribution in [3.8, 4) is 11.4 Å². The molecule has 1 aromatic carbocycles. The number of ether oxygens (including phenoxy) is 1. The van der Waals surface area contributed by atoms with Crippen LogP contribution in [0.1, 0.15) is 28.9 Å². The van der Waals surface area contributed by atoms with Crippen LogP contribution >= 0.6 is 0 Å². The van der Waals surface area contributed by atoms with Crippen LogP contribution in [0.15, 0.2) is 33.9 Å². The molecular weight excluding hydrogens is 326 g/mol. The minimum Gasteiger partial charge on any atom is -0.495 e. The molecule has 0 saturated carbocycles. The largest absolute Gasteiger partial charge is 0.495 e. The molecule has 1 fully saturated rings. The number of aromatic nitrogens is 2. The number of nitrogens with zero attached hydrogens (tertiary/aromatic N) is 2. The summed E-state index contributed by atoms with van der Waals surface area (Å²) in [6.07, 6.45) is 2.01. The van der Waals surface area contributed by atoms with Gasteiger partial charge in [0.25, 0.3) is 5.56 Å². The van der Waals surface area contributed by atoms with Gasteiger partial charge < -0.3 is 14.8 Å². The maximum Gasteiger partial charge on any atom is 0.352 e. The first kappa shape index (κ1) is 17.0. The summed E-state index contributed by atoms with van der Waals surface area (Å²) in [5.41, 5.74) is -1.46. The summed E-state index contributed by atoms with van der Waals surface area (Å²) in [7, 11) is 1.44. The van der Waals surface area contributed by atoms with Crippen molar-refractivity contribution in [1.82, 2.24) is 14.5 Å². The third kappa shape index (κ3) is 3.20. The molecule has 132 valence electrons. The van der Waals surface area contributed by atoms with Gasteiger partial charge in [0.1, 0.15) is 11.4 Å². The zero-order chi connectivity index (χ0) is 18.0. The highest BCUT2D eigenvalue weighted by molar-refractivity contribution is 5.86. The number of methoxy groups -OCH3 is 1. The van der Waals surface area contributed by atoms with Crippen LogP contribution in [0.2, 0.25) is 0 Å². The Bertz CT molecular complexity index is 909. The van der Waals surface area contributed by atoms with Crippen LogP contribution in [0.25, 0.3) is 5.69 Å². The SMILES string of the molecule is COc1ccccc1-n1c(=O)[nH]c(C(=O)O)c(CN2CCCC2)c1=O. The van der Waals surface area contributed by atoms with E-state index >= 15 is 0 Å². The predicted octanol–water partition coefficient (Wildman–Crippen LogP) is 0.828. The van der Waals surface area contributed by atoms with Crippen LogP contribution < -0.4 is 16.0 Å². The molecule has 8 nitrogen and oxygen atoms in total. The lowest BCUT2D eigenvalue weighted by Gasteiger charge is -2.17. The van der Waals surface area contributed by atoms with E-state index in [-0.39, 0.29) is 23.5 Å². The minimum absolute atomic E-state index is 0.0694. The molecule has 0 amide bonds. The van der Waals surface area contributed by atoms with Gasteiger partial charge in [-0.3, -0.25) is 9.69 Å². The summed E-state index contributed by atoms with van der Waals surface area (Å²) < 4.78 is 6.15. The molecular formula is C17H19N3O5. The number of carboxylic acids is 1. The van der Waals surface area contributed by atoms with Gasteiger partial charge in [-0.2, -0.15) is 0 Å². The molecule has 0 spiro atoms. The van der Waals surface area contributed by atoms with Crippen molar-refractivity contribution < 1.29 is 14.6 Å². The third-order valence-electron chi connectivity index (χ3n) is 4.32. The van der Waals surface area contributed by atoms with Gasteiger partial charge in [0.05, 0.1) is 18.4 Å². The van der Waals surface area contributed by atoms with Crippen molar-refractivity contribution in [3.63, 3.8) is 0 Å². The fourth-order valence-electron chi connectivity index (χ4n) is 3.10. The summed E-state index contributed by atoms with van der Waals surface area (Å²) >= 11 is 0. The number of para-hydroxylation sites is 2. The molecule has 1 aliphatic heterocycles. The van der Waals surface area contributed by atoms with Crippen molar-refractivity contribution >= 4 is 5.97 Å². The highest BCUT2D eigenvalue weighted by atomic mass is 16.5. The number of benzene rings is 1. The average Bonchev–Trinajstić information content (AvgIpc) is 3.10. The van der Waals surface area contributed by atoms with Gasteiger partial charge in [0.15, 0.2) is 0 Å². The number of hydrogen-bond donors (Lipinski definition) is 2. The van der Waals surface area contributed by atoms with Crippen molar-refractivity contribution in [1.29, 1.82) is 0 Å². The number of carboxylic acid groups (broad SMARTS) is 1. The smallest absolute Gasteiger partial charge is 0.352 e. The van der Waals surface area contributed by atoms with Gasteiger partial charge in [0, 0.05) is 6.54 Å². The number of carbonyl (C=O) groups is 1. The zero-order valence-electron chi connectivity index (χ0n) is 13.8. The maximum atomic E-state index is 13.0. The van der Waals surface area contributed by atoms with E-state index in [4.69, 9.17) is 4.74 Å². The molecule has 0 radical (unpaired) electrons. The van der Waals surface area contributed by atoms with E-state index in [0.29, 0.717) is 5.75 Å². The highest BCUT2D eigenvalue weighted by Crippen LogP contribution is 2.20. The number of rotatable bonds is 5. The Kier molecular flexibility index (Phi) is 4.71. The van der Waals surface area contributed by atoms with Gasteiger partial charge >= 0.3 is 11.7 Å². The lowest BCUT2D eigenvalue weighted by molar-refractivity contribution is 0.0687. The Morgan fingerprint density at radius 3 is 2.56 bits per heavy atom. The van der Waals surface area contributed by atoms with Gasteiger partial charge in [0.2, 0.25) is 0 Å². The Balaban J connectivity index is 2.21. The Morgan fingerprint density at radius 1 is 1.24 bits per heavy atom. The summed E-state index contributed by atoms with van der Waals surface area (Å²) in [5.74, 6) is -0.971. The van der Waals surface area contributed by atoms with Crippen molar-refractivity contribution in [2.45, 2.75) is 19.4 Å². The lowest BCUT2D eigenvalue weighted by atomic mass is 10.2. The summed E-state index contributed by atoms with van der Waals surface area (Å²) in [5, 5.41) is 9.39. The predicted molar refractivity (Wildman–Crippen MR) is 90.7 cm³/mol. The fraction of sp³-hybridized carbons (Fsp3) is 0.353. The second-order valence-corrected chi connectivity index (χ2v) is 5.88. The Hall–Kier alpha value is -2.87. The molecule has 2 aromatic rings. The molecule has 25 heavy (non-hydrogen) atoms. The monoisotopic (exact) mass is 345 g/mol. The normalized spacial score (nSPS) is 14.6. The van der Waals surface area contributed by atoms with Crippen molar-refractivity contribution in [2.24, 2.45) is 0 Å². The first-order valence-electron chi connectivity index (χ1n) is 8.00. The van der Waals surface area contributed by atoms with E-state index < -0.39 is 17.2 Å². The quantitative estimate of drug-likeness (QED) is 0.832. The lowest BCUT2D eigenvalue weighted by Crippen LogP contribution is -2.40. The van der Waals surface area contributed by atoms with E-state index in [1.54, 1.807) is 24.3 Å². The van der Waals surface area contributed by atoms with Crippen molar-refractivity contribution in [2.75, 3.05) is 20.2 Å². The molecule has 0 unspecified atom stereocenters. The van der Waals surface area contributed by atoms with E-state index in [9.17, 15) is 19.5 Å². The number of likely N-dealkylation sites (tertiary alicyclic amines) is 1. The molecule has 0 atom stereocenters. The van der Waals surface area contributed by atoms with E-state index in [1.807, 2.05) is 4.90 Å². The van der Waals surface area contributed by atoms with Crippen LogP contribution in [0.4, 0.5) is 0 Å². The number of nitrogens with one attached hydrogen (secondary N) is 1. The van der Waals surface area contributed by atoms with Crippen LogP contribution in [0.3, 0.4) is 0 Å². The fourth-order valence-corrected chi connectivity index (χ4v) is 3.10. The first-order valence-corrected chi connectivity index (χ1v) is 8.00. The average molecular weight is 345 g/mol. The molecule has 1 aliphatic rings. The van der Waals surface area contributed by atoms with Gasteiger partial charge in [-0.05, 0) is 38.1 Å². The molecule has 3 rings (SSSR count). The Morgan fingerprint density at radius 2 is 1.92 bits per heavy atom. The molecule has 1 saturated heterocycles. The summed E-state index contributed by atoms with van der Waals surface area (Å²) in [6, 6.07) is 6.61. The highest BCUT2D eigenvalue weighted by Gasteiger charge is 2.24. The Labute approximate surface area is 143 Å². The number of hydrogen-bond acceptors (Lipinski definition) is 5. The number of aromatic amines is 1. The summed E-state index contributed by atoms with van der Waals surface area (Å²) in [6.45, 7) is 1.78. The molecule has 0 aliphatic carbocycles. The molecule has 0 bridgehead atoms. The van der Waals surface area contributed by atoms with Gasteiger partial charge in [-0.1, -0.05) is 12.1 Å². The van der Waals surface area contributed by atoms with E-state index in [1.165, 1.54) is 7.11 Å². The standard InChI is InChI=1S/C17H19N3O5/c1-25-13-7-3-2-6-12(13)20-15(21)11(10-19-8-4-5-9-19)14(16(22)23)18-17(20)24/h2-3,6-7H,4-5,8-10H2,1H3,(H,18,24)(H,22,23). The molecule has 2 heterocycles. The third-order valence-corrected chi connectivity index (χ3v) is 4.32. The second kappa shape index (κ2) is 6.94. The van der Waals surface area contributed by atoms with Crippen LogP contribution in [-0.4, -0.2) is 45.7 Å².